The highest BCUT2D eigenvalue weighted by Crippen LogP contribution is 2.27. The van der Waals surface area contributed by atoms with Crippen molar-refractivity contribution in [2.75, 3.05) is 19.6 Å². The van der Waals surface area contributed by atoms with Crippen LogP contribution in [0.15, 0.2) is 18.2 Å². The van der Waals surface area contributed by atoms with Gasteiger partial charge in [-0.1, -0.05) is 6.07 Å². The van der Waals surface area contributed by atoms with Crippen LogP contribution >= 0.6 is 0 Å². The van der Waals surface area contributed by atoms with Gasteiger partial charge < -0.3 is 10.2 Å². The molecule has 4 nitrogen and oxygen atoms in total. The Morgan fingerprint density at radius 1 is 1.47 bits per heavy atom. The number of aromatic nitrogens is 1. The number of hydrogen-bond acceptors (Lipinski definition) is 3. The molecule has 104 valence electrons. The maximum absolute atomic E-state index is 12.1. The van der Waals surface area contributed by atoms with E-state index in [1.807, 2.05) is 36.9 Å². The van der Waals surface area contributed by atoms with Crippen molar-refractivity contribution in [3.05, 3.63) is 29.6 Å². The van der Waals surface area contributed by atoms with Gasteiger partial charge in [0.15, 0.2) is 0 Å². The van der Waals surface area contributed by atoms with Gasteiger partial charge in [0.2, 0.25) is 5.91 Å². The van der Waals surface area contributed by atoms with E-state index in [4.69, 9.17) is 0 Å². The Morgan fingerprint density at radius 2 is 2.26 bits per heavy atom. The molecule has 1 saturated carbocycles. The molecule has 1 fully saturated rings. The standard InChI is InChI=1S/C15H23N3O/c1-3-18(11-14-6-4-5-12(2)17-14)15(19)10-16-9-13-7-8-13/h4-6,13,16H,3,7-11H2,1-2H3. The van der Waals surface area contributed by atoms with Gasteiger partial charge in [0.25, 0.3) is 0 Å². The molecular formula is C15H23N3O. The minimum Gasteiger partial charge on any atom is -0.336 e. The minimum atomic E-state index is 0.159. The molecule has 1 heterocycles. The molecule has 0 radical (unpaired) electrons. The highest BCUT2D eigenvalue weighted by Gasteiger charge is 2.21. The van der Waals surface area contributed by atoms with E-state index in [0.717, 1.165) is 30.4 Å². The maximum Gasteiger partial charge on any atom is 0.236 e. The van der Waals surface area contributed by atoms with E-state index >= 15 is 0 Å². The van der Waals surface area contributed by atoms with Crippen LogP contribution in [0.3, 0.4) is 0 Å². The van der Waals surface area contributed by atoms with Crippen molar-refractivity contribution < 1.29 is 4.79 Å². The molecule has 1 N–H and O–H groups in total. The smallest absolute Gasteiger partial charge is 0.236 e. The van der Waals surface area contributed by atoms with E-state index in [9.17, 15) is 4.79 Å². The van der Waals surface area contributed by atoms with Crippen LogP contribution in [0.25, 0.3) is 0 Å². The van der Waals surface area contributed by atoms with Crippen molar-refractivity contribution in [3.63, 3.8) is 0 Å². The van der Waals surface area contributed by atoms with Crippen LogP contribution in [0.2, 0.25) is 0 Å². The normalized spacial score (nSPS) is 14.4. The lowest BCUT2D eigenvalue weighted by molar-refractivity contribution is -0.130. The SMILES string of the molecule is CCN(Cc1cccc(C)n1)C(=O)CNCC1CC1. The minimum absolute atomic E-state index is 0.159. The second-order valence-corrected chi connectivity index (χ2v) is 5.25. The number of nitrogens with zero attached hydrogens (tertiary/aromatic N) is 2. The summed E-state index contributed by atoms with van der Waals surface area (Å²) in [4.78, 5) is 18.4. The average Bonchev–Trinajstić information content (AvgIpc) is 3.20. The summed E-state index contributed by atoms with van der Waals surface area (Å²) in [6.07, 6.45) is 2.62. The number of carbonyl (C=O) groups is 1. The summed E-state index contributed by atoms with van der Waals surface area (Å²) in [7, 11) is 0. The highest BCUT2D eigenvalue weighted by molar-refractivity contribution is 5.78. The summed E-state index contributed by atoms with van der Waals surface area (Å²) in [5.41, 5.74) is 1.95. The summed E-state index contributed by atoms with van der Waals surface area (Å²) in [6, 6.07) is 5.93. The summed E-state index contributed by atoms with van der Waals surface area (Å²) in [6.45, 7) is 6.72. The number of amides is 1. The molecule has 4 heteroatoms. The Hall–Kier alpha value is -1.42. The van der Waals surface area contributed by atoms with Crippen molar-refractivity contribution in [1.82, 2.24) is 15.2 Å². The van der Waals surface area contributed by atoms with Crippen molar-refractivity contribution in [3.8, 4) is 0 Å². The van der Waals surface area contributed by atoms with E-state index in [2.05, 4.69) is 10.3 Å². The fourth-order valence-electron chi connectivity index (χ4n) is 2.08. The predicted octanol–water partition coefficient (Wildman–Crippen LogP) is 1.74. The van der Waals surface area contributed by atoms with Gasteiger partial charge in [0.05, 0.1) is 18.8 Å². The lowest BCUT2D eigenvalue weighted by Crippen LogP contribution is -2.38. The molecule has 1 aromatic rings. The van der Waals surface area contributed by atoms with Crippen molar-refractivity contribution in [2.24, 2.45) is 5.92 Å². The number of hydrogen-bond donors (Lipinski definition) is 1. The Bertz CT molecular complexity index is 429. The molecule has 0 aliphatic heterocycles. The quantitative estimate of drug-likeness (QED) is 0.813. The van der Waals surface area contributed by atoms with Crippen molar-refractivity contribution in [1.29, 1.82) is 0 Å². The summed E-state index contributed by atoms with van der Waals surface area (Å²) < 4.78 is 0. The Morgan fingerprint density at radius 3 is 2.89 bits per heavy atom. The van der Waals surface area contributed by atoms with E-state index in [-0.39, 0.29) is 5.91 Å². The molecule has 19 heavy (non-hydrogen) atoms. The second kappa shape index (κ2) is 6.66. The van der Waals surface area contributed by atoms with Crippen LogP contribution in [0.5, 0.6) is 0 Å². The van der Waals surface area contributed by atoms with Gasteiger partial charge in [0, 0.05) is 12.2 Å². The zero-order valence-electron chi connectivity index (χ0n) is 11.9. The number of likely N-dealkylation sites (N-methyl/N-ethyl adjacent to an activating group) is 1. The molecular weight excluding hydrogens is 238 g/mol. The summed E-state index contributed by atoms with van der Waals surface area (Å²) in [5, 5.41) is 3.25. The number of nitrogens with one attached hydrogen (secondary N) is 1. The molecule has 1 aliphatic rings. The lowest BCUT2D eigenvalue weighted by Gasteiger charge is -2.21. The summed E-state index contributed by atoms with van der Waals surface area (Å²) >= 11 is 0. The molecule has 0 unspecified atom stereocenters. The molecule has 0 saturated heterocycles. The molecule has 0 aromatic carbocycles. The lowest BCUT2D eigenvalue weighted by atomic mass is 10.3. The number of carbonyl (C=O) groups excluding carboxylic acids is 1. The third kappa shape index (κ3) is 4.63. The van der Waals surface area contributed by atoms with E-state index in [0.29, 0.717) is 13.1 Å². The Kier molecular flexibility index (Phi) is 4.91. The number of aryl methyl sites for hydroxylation is 1. The largest absolute Gasteiger partial charge is 0.336 e. The monoisotopic (exact) mass is 261 g/mol. The van der Waals surface area contributed by atoms with Crippen LogP contribution in [0.1, 0.15) is 31.2 Å². The number of rotatable bonds is 7. The predicted molar refractivity (Wildman–Crippen MR) is 75.7 cm³/mol. The van der Waals surface area contributed by atoms with Crippen LogP contribution in [-0.4, -0.2) is 35.4 Å². The fraction of sp³-hybridized carbons (Fsp3) is 0.600. The fourth-order valence-corrected chi connectivity index (χ4v) is 2.08. The van der Waals surface area contributed by atoms with Crippen molar-refractivity contribution in [2.45, 2.75) is 33.2 Å². The number of pyridine rings is 1. The van der Waals surface area contributed by atoms with Gasteiger partial charge in [0.1, 0.15) is 0 Å². The molecule has 0 bridgehead atoms. The van der Waals surface area contributed by atoms with Crippen LogP contribution in [0, 0.1) is 12.8 Å². The first kappa shape index (κ1) is 14.0. The molecule has 1 amide bonds. The van der Waals surface area contributed by atoms with Gasteiger partial charge in [-0.3, -0.25) is 9.78 Å². The molecule has 0 atom stereocenters. The second-order valence-electron chi connectivity index (χ2n) is 5.25. The van der Waals surface area contributed by atoms with E-state index < -0.39 is 0 Å². The van der Waals surface area contributed by atoms with E-state index in [1.165, 1.54) is 12.8 Å². The Balaban J connectivity index is 1.82. The highest BCUT2D eigenvalue weighted by atomic mass is 16.2. The van der Waals surface area contributed by atoms with Gasteiger partial charge in [-0.25, -0.2) is 0 Å². The Labute approximate surface area is 115 Å². The first-order valence-electron chi connectivity index (χ1n) is 7.10. The first-order chi connectivity index (χ1) is 9.19. The maximum atomic E-state index is 12.1. The third-order valence-corrected chi connectivity index (χ3v) is 3.44. The average molecular weight is 261 g/mol. The summed E-state index contributed by atoms with van der Waals surface area (Å²) in [5.74, 6) is 0.966. The van der Waals surface area contributed by atoms with Crippen LogP contribution < -0.4 is 5.32 Å². The molecule has 1 aromatic heterocycles. The van der Waals surface area contributed by atoms with Gasteiger partial charge in [-0.05, 0) is 51.3 Å². The van der Waals surface area contributed by atoms with Gasteiger partial charge in [-0.15, -0.1) is 0 Å². The molecule has 1 aliphatic carbocycles. The third-order valence-electron chi connectivity index (χ3n) is 3.44. The molecule has 0 spiro atoms. The van der Waals surface area contributed by atoms with Gasteiger partial charge in [-0.2, -0.15) is 0 Å². The van der Waals surface area contributed by atoms with Gasteiger partial charge >= 0.3 is 0 Å². The van der Waals surface area contributed by atoms with Crippen LogP contribution in [0.4, 0.5) is 0 Å². The van der Waals surface area contributed by atoms with E-state index in [1.54, 1.807) is 0 Å². The topological polar surface area (TPSA) is 45.2 Å². The van der Waals surface area contributed by atoms with Crippen LogP contribution in [-0.2, 0) is 11.3 Å². The zero-order chi connectivity index (χ0) is 13.7. The first-order valence-corrected chi connectivity index (χ1v) is 7.10. The zero-order valence-corrected chi connectivity index (χ0v) is 11.9. The van der Waals surface area contributed by atoms with Crippen molar-refractivity contribution >= 4 is 5.91 Å². The molecule has 2 rings (SSSR count).